The SMILES string of the molecule is COc1cccc(CC=C(F)CO)c1. The second kappa shape index (κ2) is 5.40. The van der Waals surface area contributed by atoms with Crippen LogP contribution in [0, 0.1) is 0 Å². The number of hydrogen-bond acceptors (Lipinski definition) is 2. The number of benzene rings is 1. The third kappa shape index (κ3) is 3.18. The molecule has 0 amide bonds. The summed E-state index contributed by atoms with van der Waals surface area (Å²) in [5.41, 5.74) is 0.952. The minimum atomic E-state index is -0.538. The Bertz CT molecular complexity index is 321. The van der Waals surface area contributed by atoms with Gasteiger partial charge in [-0.3, -0.25) is 0 Å². The molecule has 76 valence electrons. The van der Waals surface area contributed by atoms with Crippen LogP contribution in [-0.4, -0.2) is 18.8 Å². The summed E-state index contributed by atoms with van der Waals surface area (Å²) in [7, 11) is 1.59. The fourth-order valence-electron chi connectivity index (χ4n) is 1.09. The molecule has 0 aliphatic heterocycles. The van der Waals surface area contributed by atoms with Crippen LogP contribution in [0.25, 0.3) is 0 Å². The second-order valence-electron chi connectivity index (χ2n) is 2.86. The number of ether oxygens (including phenoxy) is 1. The maximum Gasteiger partial charge on any atom is 0.122 e. The second-order valence-corrected chi connectivity index (χ2v) is 2.86. The van der Waals surface area contributed by atoms with Gasteiger partial charge in [-0.2, -0.15) is 0 Å². The zero-order chi connectivity index (χ0) is 10.4. The molecular formula is C11H13FO2. The highest BCUT2D eigenvalue weighted by Crippen LogP contribution is 2.13. The van der Waals surface area contributed by atoms with Crippen molar-refractivity contribution in [3.63, 3.8) is 0 Å². The van der Waals surface area contributed by atoms with Crippen molar-refractivity contribution in [2.45, 2.75) is 6.42 Å². The van der Waals surface area contributed by atoms with E-state index in [-0.39, 0.29) is 0 Å². The summed E-state index contributed by atoms with van der Waals surface area (Å²) < 4.78 is 17.6. The van der Waals surface area contributed by atoms with E-state index in [9.17, 15) is 4.39 Å². The molecule has 0 unspecified atom stereocenters. The van der Waals surface area contributed by atoms with E-state index in [4.69, 9.17) is 9.84 Å². The molecule has 0 radical (unpaired) electrons. The van der Waals surface area contributed by atoms with Gasteiger partial charge in [-0.25, -0.2) is 4.39 Å². The average molecular weight is 196 g/mol. The van der Waals surface area contributed by atoms with Crippen molar-refractivity contribution >= 4 is 0 Å². The van der Waals surface area contributed by atoms with Crippen LogP contribution >= 0.6 is 0 Å². The van der Waals surface area contributed by atoms with Gasteiger partial charge in [0.2, 0.25) is 0 Å². The summed E-state index contributed by atoms with van der Waals surface area (Å²) in [5, 5.41) is 8.45. The number of hydrogen-bond donors (Lipinski definition) is 1. The number of methoxy groups -OCH3 is 1. The Morgan fingerprint density at radius 2 is 2.36 bits per heavy atom. The lowest BCUT2D eigenvalue weighted by molar-refractivity contribution is 0.297. The van der Waals surface area contributed by atoms with Crippen LogP contribution in [0.3, 0.4) is 0 Å². The first kappa shape index (κ1) is 10.7. The van der Waals surface area contributed by atoms with Gasteiger partial charge in [-0.15, -0.1) is 0 Å². The predicted molar refractivity (Wildman–Crippen MR) is 53.0 cm³/mol. The van der Waals surface area contributed by atoms with Crippen LogP contribution in [0.15, 0.2) is 36.2 Å². The highest BCUT2D eigenvalue weighted by molar-refractivity contribution is 5.29. The van der Waals surface area contributed by atoms with Gasteiger partial charge in [0.15, 0.2) is 0 Å². The largest absolute Gasteiger partial charge is 0.497 e. The predicted octanol–water partition coefficient (Wildman–Crippen LogP) is 2.08. The standard InChI is InChI=1S/C11H13FO2/c1-14-11-4-2-3-9(7-11)5-6-10(12)8-13/h2-4,6-7,13H,5,8H2,1H3. The van der Waals surface area contributed by atoms with E-state index in [1.807, 2.05) is 24.3 Å². The lowest BCUT2D eigenvalue weighted by atomic mass is 10.1. The van der Waals surface area contributed by atoms with E-state index in [2.05, 4.69) is 0 Å². The lowest BCUT2D eigenvalue weighted by Crippen LogP contribution is -1.88. The molecule has 0 aromatic heterocycles. The topological polar surface area (TPSA) is 29.5 Å². The third-order valence-electron chi connectivity index (χ3n) is 1.84. The normalized spacial score (nSPS) is 11.5. The van der Waals surface area contributed by atoms with Crippen molar-refractivity contribution in [3.8, 4) is 5.75 Å². The van der Waals surface area contributed by atoms with Crippen LogP contribution in [0.2, 0.25) is 0 Å². The van der Waals surface area contributed by atoms with Gasteiger partial charge in [0, 0.05) is 0 Å². The van der Waals surface area contributed by atoms with Crippen molar-refractivity contribution in [1.82, 2.24) is 0 Å². The van der Waals surface area contributed by atoms with Crippen molar-refractivity contribution in [3.05, 3.63) is 41.7 Å². The van der Waals surface area contributed by atoms with E-state index in [0.717, 1.165) is 11.3 Å². The van der Waals surface area contributed by atoms with Gasteiger partial charge < -0.3 is 9.84 Å². The Hall–Kier alpha value is -1.35. The zero-order valence-electron chi connectivity index (χ0n) is 8.03. The van der Waals surface area contributed by atoms with Gasteiger partial charge in [0.05, 0.1) is 13.7 Å². The minimum Gasteiger partial charge on any atom is -0.497 e. The Kier molecular flexibility index (Phi) is 4.13. The number of rotatable bonds is 4. The monoisotopic (exact) mass is 196 g/mol. The molecule has 0 bridgehead atoms. The van der Waals surface area contributed by atoms with Gasteiger partial charge in [-0.1, -0.05) is 12.1 Å². The fraction of sp³-hybridized carbons (Fsp3) is 0.273. The molecule has 3 heteroatoms. The zero-order valence-corrected chi connectivity index (χ0v) is 8.03. The first-order valence-corrected chi connectivity index (χ1v) is 4.34. The third-order valence-corrected chi connectivity index (χ3v) is 1.84. The van der Waals surface area contributed by atoms with E-state index in [0.29, 0.717) is 6.42 Å². The number of aliphatic hydroxyl groups is 1. The highest BCUT2D eigenvalue weighted by Gasteiger charge is 1.95. The molecule has 0 fully saturated rings. The van der Waals surface area contributed by atoms with Crippen molar-refractivity contribution in [1.29, 1.82) is 0 Å². The average Bonchev–Trinajstić information content (AvgIpc) is 2.26. The first-order chi connectivity index (χ1) is 6.76. The summed E-state index contributed by atoms with van der Waals surface area (Å²) in [6.45, 7) is -0.538. The van der Waals surface area contributed by atoms with Gasteiger partial charge in [0.25, 0.3) is 0 Å². The molecule has 0 aliphatic carbocycles. The molecule has 0 aliphatic rings. The Morgan fingerprint density at radius 3 is 3.00 bits per heavy atom. The summed E-state index contributed by atoms with van der Waals surface area (Å²) >= 11 is 0. The van der Waals surface area contributed by atoms with Crippen LogP contribution in [0.1, 0.15) is 5.56 Å². The highest BCUT2D eigenvalue weighted by atomic mass is 19.1. The lowest BCUT2D eigenvalue weighted by Gasteiger charge is -2.01. The Balaban J connectivity index is 2.67. The molecule has 1 rings (SSSR count). The first-order valence-electron chi connectivity index (χ1n) is 4.34. The molecule has 2 nitrogen and oxygen atoms in total. The number of allylic oxidation sites excluding steroid dienone is 1. The van der Waals surface area contributed by atoms with E-state index < -0.39 is 12.4 Å². The Labute approximate surface area is 82.6 Å². The Morgan fingerprint density at radius 1 is 1.57 bits per heavy atom. The molecule has 0 heterocycles. The molecule has 14 heavy (non-hydrogen) atoms. The van der Waals surface area contributed by atoms with Crippen LogP contribution < -0.4 is 4.74 Å². The summed E-state index contributed by atoms with van der Waals surface area (Å²) in [5.74, 6) is 0.244. The van der Waals surface area contributed by atoms with Crippen molar-refractivity contribution in [2.75, 3.05) is 13.7 Å². The molecule has 0 spiro atoms. The fourth-order valence-corrected chi connectivity index (χ4v) is 1.09. The van der Waals surface area contributed by atoms with Gasteiger partial charge in [0.1, 0.15) is 11.6 Å². The number of aliphatic hydroxyl groups excluding tert-OH is 1. The molecule has 0 atom stereocenters. The molecule has 0 saturated heterocycles. The van der Waals surface area contributed by atoms with Gasteiger partial charge >= 0.3 is 0 Å². The van der Waals surface area contributed by atoms with Gasteiger partial charge in [-0.05, 0) is 30.2 Å². The summed E-state index contributed by atoms with van der Waals surface area (Å²) in [6.07, 6.45) is 1.82. The van der Waals surface area contributed by atoms with Crippen molar-refractivity contribution < 1.29 is 14.2 Å². The molecular weight excluding hydrogens is 183 g/mol. The molecule has 1 aromatic rings. The molecule has 0 saturated carbocycles. The quantitative estimate of drug-likeness (QED) is 0.798. The minimum absolute atomic E-state index is 0.462. The smallest absolute Gasteiger partial charge is 0.122 e. The summed E-state index contributed by atoms with van der Waals surface area (Å²) in [4.78, 5) is 0. The molecule has 1 aromatic carbocycles. The van der Waals surface area contributed by atoms with E-state index in [1.54, 1.807) is 7.11 Å². The maximum atomic E-state index is 12.6. The summed E-state index contributed by atoms with van der Waals surface area (Å²) in [6, 6.07) is 7.39. The van der Waals surface area contributed by atoms with E-state index in [1.165, 1.54) is 6.08 Å². The maximum absolute atomic E-state index is 12.6. The van der Waals surface area contributed by atoms with Crippen LogP contribution in [0.4, 0.5) is 4.39 Å². The molecule has 1 N–H and O–H groups in total. The number of halogens is 1. The van der Waals surface area contributed by atoms with Crippen LogP contribution in [-0.2, 0) is 6.42 Å². The van der Waals surface area contributed by atoms with Crippen molar-refractivity contribution in [2.24, 2.45) is 0 Å². The van der Waals surface area contributed by atoms with E-state index >= 15 is 0 Å². The van der Waals surface area contributed by atoms with Crippen LogP contribution in [0.5, 0.6) is 5.75 Å².